The molecule has 0 aliphatic carbocycles. The lowest BCUT2D eigenvalue weighted by molar-refractivity contribution is -0.145. The summed E-state index contributed by atoms with van der Waals surface area (Å²) in [7, 11) is 0. The smallest absolute Gasteiger partial charge is 0.451 e. The number of aromatic nitrogens is 2. The second-order valence-corrected chi connectivity index (χ2v) is 3.26. The number of nitrogens with zero attached hydrogens (tertiary/aromatic N) is 2. The van der Waals surface area contributed by atoms with E-state index in [4.69, 9.17) is 5.11 Å². The van der Waals surface area contributed by atoms with Crippen LogP contribution in [-0.4, -0.2) is 21.0 Å². The van der Waals surface area contributed by atoms with Crippen molar-refractivity contribution in [2.45, 2.75) is 26.4 Å². The Kier molecular flexibility index (Phi) is 3.16. The van der Waals surface area contributed by atoms with Gasteiger partial charge >= 0.3 is 12.1 Å². The second kappa shape index (κ2) is 4.07. The predicted octanol–water partition coefficient (Wildman–Crippen LogP) is 1.74. The summed E-state index contributed by atoms with van der Waals surface area (Å²) in [5.41, 5.74) is 0.310. The summed E-state index contributed by atoms with van der Waals surface area (Å²) in [6, 6.07) is 0. The van der Waals surface area contributed by atoms with Crippen LogP contribution in [0.5, 0.6) is 0 Å². The molecular formula is C9H9F3N2O2. The Morgan fingerprint density at radius 3 is 2.00 bits per heavy atom. The van der Waals surface area contributed by atoms with Crippen LogP contribution in [0.4, 0.5) is 13.2 Å². The van der Waals surface area contributed by atoms with E-state index >= 15 is 0 Å². The van der Waals surface area contributed by atoms with Gasteiger partial charge in [-0.25, -0.2) is 9.97 Å². The molecule has 0 radical (unpaired) electrons. The molecule has 0 aliphatic heterocycles. The zero-order chi connectivity index (χ0) is 12.5. The van der Waals surface area contributed by atoms with E-state index in [1.807, 2.05) is 0 Å². The van der Waals surface area contributed by atoms with Crippen LogP contribution < -0.4 is 0 Å². The van der Waals surface area contributed by atoms with Gasteiger partial charge in [0.15, 0.2) is 0 Å². The highest BCUT2D eigenvalue weighted by atomic mass is 19.4. The third kappa shape index (κ3) is 2.68. The molecule has 16 heavy (non-hydrogen) atoms. The summed E-state index contributed by atoms with van der Waals surface area (Å²) < 4.78 is 36.9. The number of aryl methyl sites for hydroxylation is 2. The van der Waals surface area contributed by atoms with Crippen LogP contribution >= 0.6 is 0 Å². The molecule has 1 aromatic heterocycles. The Bertz CT molecular complexity index is 406. The summed E-state index contributed by atoms with van der Waals surface area (Å²) >= 11 is 0. The first-order valence-corrected chi connectivity index (χ1v) is 4.35. The molecule has 7 heteroatoms. The molecular weight excluding hydrogens is 225 g/mol. The molecule has 0 aromatic carbocycles. The highest BCUT2D eigenvalue weighted by Crippen LogP contribution is 2.27. The van der Waals surface area contributed by atoms with Gasteiger partial charge in [0.05, 0.1) is 6.42 Å². The van der Waals surface area contributed by atoms with Crippen LogP contribution in [0.2, 0.25) is 0 Å². The third-order valence-electron chi connectivity index (χ3n) is 2.00. The van der Waals surface area contributed by atoms with Crippen molar-refractivity contribution >= 4 is 5.97 Å². The van der Waals surface area contributed by atoms with Crippen molar-refractivity contribution in [3.63, 3.8) is 0 Å². The molecule has 0 saturated heterocycles. The molecule has 0 unspecified atom stereocenters. The number of carboxylic acids is 1. The van der Waals surface area contributed by atoms with Gasteiger partial charge in [0, 0.05) is 17.0 Å². The molecule has 0 atom stereocenters. The molecule has 1 aromatic rings. The quantitative estimate of drug-likeness (QED) is 0.846. The summed E-state index contributed by atoms with van der Waals surface area (Å²) in [6.45, 7) is 2.67. The van der Waals surface area contributed by atoms with Gasteiger partial charge in [-0.05, 0) is 13.8 Å². The Hall–Kier alpha value is -1.66. The Morgan fingerprint density at radius 2 is 1.69 bits per heavy atom. The van der Waals surface area contributed by atoms with Gasteiger partial charge in [-0.3, -0.25) is 4.79 Å². The molecule has 0 amide bonds. The fourth-order valence-electron chi connectivity index (χ4n) is 1.27. The number of carboxylic acid groups (broad SMARTS) is 1. The van der Waals surface area contributed by atoms with E-state index in [1.54, 1.807) is 0 Å². The second-order valence-electron chi connectivity index (χ2n) is 3.26. The summed E-state index contributed by atoms with van der Waals surface area (Å²) in [4.78, 5) is 17.0. The maximum atomic E-state index is 12.3. The Morgan fingerprint density at radius 1 is 1.25 bits per heavy atom. The number of halogens is 3. The SMILES string of the molecule is Cc1nc(C(F)(F)F)nc(C)c1CC(=O)O. The van der Waals surface area contributed by atoms with Gasteiger partial charge in [0.2, 0.25) is 5.82 Å². The number of aliphatic carboxylic acids is 1. The maximum absolute atomic E-state index is 12.3. The maximum Gasteiger partial charge on any atom is 0.451 e. The lowest BCUT2D eigenvalue weighted by Gasteiger charge is -2.10. The minimum Gasteiger partial charge on any atom is -0.481 e. The van der Waals surface area contributed by atoms with E-state index < -0.39 is 18.0 Å². The highest BCUT2D eigenvalue weighted by Gasteiger charge is 2.35. The average molecular weight is 234 g/mol. The van der Waals surface area contributed by atoms with E-state index in [9.17, 15) is 18.0 Å². The number of hydrogen-bond acceptors (Lipinski definition) is 3. The van der Waals surface area contributed by atoms with E-state index in [-0.39, 0.29) is 23.4 Å². The van der Waals surface area contributed by atoms with Crippen LogP contribution in [0.1, 0.15) is 22.8 Å². The van der Waals surface area contributed by atoms with Crippen molar-refractivity contribution < 1.29 is 23.1 Å². The molecule has 88 valence electrons. The fraction of sp³-hybridized carbons (Fsp3) is 0.444. The number of rotatable bonds is 2. The molecule has 1 N–H and O–H groups in total. The Balaban J connectivity index is 3.23. The Labute approximate surface area is 89.1 Å². The molecule has 0 saturated carbocycles. The number of hydrogen-bond donors (Lipinski definition) is 1. The first kappa shape index (κ1) is 12.4. The summed E-state index contributed by atoms with van der Waals surface area (Å²) in [5, 5.41) is 8.57. The van der Waals surface area contributed by atoms with Gasteiger partial charge in [-0.15, -0.1) is 0 Å². The van der Waals surface area contributed by atoms with Crippen molar-refractivity contribution in [1.82, 2.24) is 9.97 Å². The monoisotopic (exact) mass is 234 g/mol. The number of carbonyl (C=O) groups is 1. The standard InChI is InChI=1S/C9H9F3N2O2/c1-4-6(3-7(15)16)5(2)14-8(13-4)9(10,11)12/h3H2,1-2H3,(H,15,16). The van der Waals surface area contributed by atoms with Gasteiger partial charge in [-0.2, -0.15) is 13.2 Å². The van der Waals surface area contributed by atoms with Crippen LogP contribution in [0.3, 0.4) is 0 Å². The third-order valence-corrected chi connectivity index (χ3v) is 2.00. The van der Waals surface area contributed by atoms with Crippen molar-refractivity contribution in [2.24, 2.45) is 0 Å². The molecule has 0 aliphatic rings. The zero-order valence-corrected chi connectivity index (χ0v) is 8.59. The molecule has 1 rings (SSSR count). The highest BCUT2D eigenvalue weighted by molar-refractivity contribution is 5.70. The van der Waals surface area contributed by atoms with Gasteiger partial charge in [0.25, 0.3) is 0 Å². The molecule has 0 fully saturated rings. The first-order chi connectivity index (χ1) is 7.21. The minimum atomic E-state index is -4.61. The van der Waals surface area contributed by atoms with Crippen molar-refractivity contribution in [2.75, 3.05) is 0 Å². The van der Waals surface area contributed by atoms with E-state index in [0.717, 1.165) is 0 Å². The number of alkyl halides is 3. The summed E-state index contributed by atoms with van der Waals surface area (Å²) in [6.07, 6.45) is -4.99. The topological polar surface area (TPSA) is 63.1 Å². The van der Waals surface area contributed by atoms with Gasteiger partial charge in [0.1, 0.15) is 0 Å². The largest absolute Gasteiger partial charge is 0.481 e. The zero-order valence-electron chi connectivity index (χ0n) is 8.59. The van der Waals surface area contributed by atoms with E-state index in [0.29, 0.717) is 0 Å². The van der Waals surface area contributed by atoms with E-state index in [2.05, 4.69) is 9.97 Å². The van der Waals surface area contributed by atoms with Crippen molar-refractivity contribution in [3.8, 4) is 0 Å². The van der Waals surface area contributed by atoms with Crippen LogP contribution in [0.25, 0.3) is 0 Å². The fourth-order valence-corrected chi connectivity index (χ4v) is 1.27. The molecule has 0 bridgehead atoms. The van der Waals surface area contributed by atoms with Crippen molar-refractivity contribution in [1.29, 1.82) is 0 Å². The average Bonchev–Trinajstić information content (AvgIpc) is 2.09. The molecule has 4 nitrogen and oxygen atoms in total. The summed E-state index contributed by atoms with van der Waals surface area (Å²) in [5.74, 6) is -2.37. The van der Waals surface area contributed by atoms with Crippen molar-refractivity contribution in [3.05, 3.63) is 22.8 Å². The van der Waals surface area contributed by atoms with E-state index in [1.165, 1.54) is 13.8 Å². The van der Waals surface area contributed by atoms with Crippen LogP contribution in [-0.2, 0) is 17.4 Å². The predicted molar refractivity (Wildman–Crippen MR) is 47.8 cm³/mol. The lowest BCUT2D eigenvalue weighted by atomic mass is 10.1. The minimum absolute atomic E-state index is 0.0437. The first-order valence-electron chi connectivity index (χ1n) is 4.35. The normalized spacial score (nSPS) is 11.6. The molecule has 1 heterocycles. The van der Waals surface area contributed by atoms with Gasteiger partial charge in [-0.1, -0.05) is 0 Å². The van der Waals surface area contributed by atoms with Crippen LogP contribution in [0, 0.1) is 13.8 Å². The molecule has 0 spiro atoms. The van der Waals surface area contributed by atoms with Crippen LogP contribution in [0.15, 0.2) is 0 Å². The van der Waals surface area contributed by atoms with Gasteiger partial charge < -0.3 is 5.11 Å². The lowest BCUT2D eigenvalue weighted by Crippen LogP contribution is -2.16.